The number of fused-ring (bicyclic) bond motifs is 1. The number of furan rings is 1. The summed E-state index contributed by atoms with van der Waals surface area (Å²) in [5.74, 6) is 0.432. The first-order chi connectivity index (χ1) is 13.2. The van der Waals surface area contributed by atoms with Gasteiger partial charge in [0.05, 0.1) is 30.2 Å². The minimum atomic E-state index is -0.258. The average molecular weight is 358 g/mol. The number of rotatable bonds is 5. The van der Waals surface area contributed by atoms with E-state index < -0.39 is 0 Å². The van der Waals surface area contributed by atoms with Gasteiger partial charge in [-0.2, -0.15) is 0 Å². The van der Waals surface area contributed by atoms with Crippen molar-refractivity contribution in [2.45, 2.75) is 13.5 Å². The van der Waals surface area contributed by atoms with Crippen LogP contribution < -0.4 is 10.6 Å². The number of nitrogens with zero attached hydrogens (tertiary/aromatic N) is 2. The minimum Gasteiger partial charge on any atom is -0.467 e. The second-order valence-electron chi connectivity index (χ2n) is 6.21. The number of hydrogen-bond acceptors (Lipinski definition) is 5. The summed E-state index contributed by atoms with van der Waals surface area (Å²) in [5, 5.41) is 6.99. The van der Waals surface area contributed by atoms with Crippen molar-refractivity contribution >= 4 is 28.2 Å². The molecule has 0 saturated heterocycles. The van der Waals surface area contributed by atoms with Crippen LogP contribution in [0.5, 0.6) is 0 Å². The lowest BCUT2D eigenvalue weighted by Crippen LogP contribution is -2.23. The van der Waals surface area contributed by atoms with Crippen molar-refractivity contribution < 1.29 is 9.21 Å². The number of aromatic nitrogens is 2. The van der Waals surface area contributed by atoms with E-state index in [1.54, 1.807) is 30.8 Å². The Labute approximate surface area is 156 Å². The van der Waals surface area contributed by atoms with Crippen LogP contribution in [0.3, 0.4) is 0 Å². The molecule has 0 bridgehead atoms. The molecule has 0 radical (unpaired) electrons. The average Bonchev–Trinajstić information content (AvgIpc) is 3.21. The van der Waals surface area contributed by atoms with Crippen LogP contribution in [0.15, 0.2) is 71.6 Å². The minimum absolute atomic E-state index is 0.258. The van der Waals surface area contributed by atoms with Crippen molar-refractivity contribution in [3.8, 4) is 0 Å². The molecule has 0 spiro atoms. The maximum atomic E-state index is 12.4. The molecule has 2 N–H and O–H groups in total. The third kappa shape index (κ3) is 3.79. The van der Waals surface area contributed by atoms with Crippen LogP contribution in [0.4, 0.5) is 11.4 Å². The van der Waals surface area contributed by atoms with E-state index in [0.29, 0.717) is 23.5 Å². The summed E-state index contributed by atoms with van der Waals surface area (Å²) < 4.78 is 5.23. The van der Waals surface area contributed by atoms with Crippen LogP contribution in [0.1, 0.15) is 21.8 Å². The van der Waals surface area contributed by atoms with Gasteiger partial charge in [0.15, 0.2) is 0 Å². The lowest BCUT2D eigenvalue weighted by molar-refractivity contribution is 0.0943. The largest absolute Gasteiger partial charge is 0.467 e. The second kappa shape index (κ2) is 7.29. The van der Waals surface area contributed by atoms with Gasteiger partial charge < -0.3 is 15.1 Å². The molecule has 4 rings (SSSR count). The van der Waals surface area contributed by atoms with E-state index in [9.17, 15) is 4.79 Å². The molecule has 4 aromatic rings. The Balaban J connectivity index is 1.60. The molecule has 0 atom stereocenters. The molecular formula is C21H18N4O2. The fourth-order valence-electron chi connectivity index (χ4n) is 2.72. The molecule has 0 aliphatic heterocycles. The summed E-state index contributed by atoms with van der Waals surface area (Å²) in [4.78, 5) is 21.2. The summed E-state index contributed by atoms with van der Waals surface area (Å²) in [6.07, 6.45) is 5.01. The Bertz CT molecular complexity index is 1070. The number of pyridine rings is 2. The molecule has 0 fully saturated rings. The third-order valence-corrected chi connectivity index (χ3v) is 4.17. The van der Waals surface area contributed by atoms with E-state index in [1.807, 2.05) is 43.3 Å². The summed E-state index contributed by atoms with van der Waals surface area (Å²) in [7, 11) is 0. The molecule has 0 aliphatic carbocycles. The number of anilines is 2. The summed E-state index contributed by atoms with van der Waals surface area (Å²) >= 11 is 0. The van der Waals surface area contributed by atoms with Crippen LogP contribution >= 0.6 is 0 Å². The predicted molar refractivity (Wildman–Crippen MR) is 104 cm³/mol. The van der Waals surface area contributed by atoms with Gasteiger partial charge in [0.1, 0.15) is 11.5 Å². The van der Waals surface area contributed by atoms with E-state index in [2.05, 4.69) is 20.6 Å². The fraction of sp³-hybridized carbons (Fsp3) is 0.0952. The Morgan fingerprint density at radius 3 is 2.70 bits per heavy atom. The molecule has 0 aliphatic rings. The number of amides is 1. The lowest BCUT2D eigenvalue weighted by atomic mass is 10.2. The molecule has 0 unspecified atom stereocenters. The number of hydrogen-bond donors (Lipinski definition) is 2. The van der Waals surface area contributed by atoms with E-state index in [1.165, 1.54) is 5.56 Å². The van der Waals surface area contributed by atoms with Crippen LogP contribution in [0, 0.1) is 6.92 Å². The molecule has 1 aromatic carbocycles. The quantitative estimate of drug-likeness (QED) is 0.559. The number of aryl methyl sites for hydroxylation is 1. The fourth-order valence-corrected chi connectivity index (χ4v) is 2.72. The van der Waals surface area contributed by atoms with Crippen molar-refractivity contribution in [2.75, 3.05) is 5.32 Å². The monoisotopic (exact) mass is 358 g/mol. The van der Waals surface area contributed by atoms with Gasteiger partial charge in [-0.25, -0.2) is 4.98 Å². The van der Waals surface area contributed by atoms with E-state index >= 15 is 0 Å². The lowest BCUT2D eigenvalue weighted by Gasteiger charge is -2.10. The standard InChI is InChI=1S/C21H18N4O2/c1-14-4-7-16(8-5-14)24-19-13-22-11-15-6-9-18(25-20(15)19)21(26)23-12-17-3-2-10-27-17/h2-11,13,24H,12H2,1H3,(H,23,26). The highest BCUT2D eigenvalue weighted by atomic mass is 16.3. The van der Waals surface area contributed by atoms with E-state index in [-0.39, 0.29) is 5.91 Å². The second-order valence-corrected chi connectivity index (χ2v) is 6.21. The molecule has 6 nitrogen and oxygen atoms in total. The van der Waals surface area contributed by atoms with Crippen molar-refractivity contribution in [3.05, 3.63) is 84.2 Å². The summed E-state index contributed by atoms with van der Waals surface area (Å²) in [5.41, 5.74) is 3.90. The highest BCUT2D eigenvalue weighted by molar-refractivity contribution is 5.97. The Hall–Kier alpha value is -3.67. The third-order valence-electron chi connectivity index (χ3n) is 4.17. The predicted octanol–water partition coefficient (Wildman–Crippen LogP) is 4.20. The maximum Gasteiger partial charge on any atom is 0.270 e. The molecule has 1 amide bonds. The molecule has 0 saturated carbocycles. The van der Waals surface area contributed by atoms with Crippen LogP contribution in [0.2, 0.25) is 0 Å². The molecule has 6 heteroatoms. The molecule has 3 heterocycles. The van der Waals surface area contributed by atoms with Crippen molar-refractivity contribution in [2.24, 2.45) is 0 Å². The number of carbonyl (C=O) groups is 1. The van der Waals surface area contributed by atoms with Gasteiger partial charge in [-0.3, -0.25) is 9.78 Å². The molecule has 134 valence electrons. The Morgan fingerprint density at radius 1 is 1.07 bits per heavy atom. The van der Waals surface area contributed by atoms with Crippen molar-refractivity contribution in [1.82, 2.24) is 15.3 Å². The van der Waals surface area contributed by atoms with Gasteiger partial charge >= 0.3 is 0 Å². The maximum absolute atomic E-state index is 12.4. The molecule has 3 aromatic heterocycles. The summed E-state index contributed by atoms with van der Waals surface area (Å²) in [6.45, 7) is 2.36. The highest BCUT2D eigenvalue weighted by Crippen LogP contribution is 2.24. The SMILES string of the molecule is Cc1ccc(Nc2cncc3ccc(C(=O)NCc4ccco4)nc23)cc1. The summed E-state index contributed by atoms with van der Waals surface area (Å²) in [6, 6.07) is 15.2. The Morgan fingerprint density at radius 2 is 1.93 bits per heavy atom. The van der Waals surface area contributed by atoms with Gasteiger partial charge in [-0.15, -0.1) is 0 Å². The van der Waals surface area contributed by atoms with E-state index in [4.69, 9.17) is 4.42 Å². The van der Waals surface area contributed by atoms with Crippen molar-refractivity contribution in [3.63, 3.8) is 0 Å². The topological polar surface area (TPSA) is 80.0 Å². The first-order valence-corrected chi connectivity index (χ1v) is 8.58. The van der Waals surface area contributed by atoms with Crippen LogP contribution in [-0.4, -0.2) is 15.9 Å². The first kappa shape index (κ1) is 16.8. The first-order valence-electron chi connectivity index (χ1n) is 8.58. The normalized spacial score (nSPS) is 10.7. The van der Waals surface area contributed by atoms with Gasteiger partial charge in [0, 0.05) is 17.3 Å². The molecular weight excluding hydrogens is 340 g/mol. The van der Waals surface area contributed by atoms with Gasteiger partial charge in [-0.05, 0) is 43.3 Å². The number of nitrogens with one attached hydrogen (secondary N) is 2. The molecule has 27 heavy (non-hydrogen) atoms. The van der Waals surface area contributed by atoms with Gasteiger partial charge in [0.2, 0.25) is 0 Å². The Kier molecular flexibility index (Phi) is 4.53. The number of carbonyl (C=O) groups excluding carboxylic acids is 1. The highest BCUT2D eigenvalue weighted by Gasteiger charge is 2.11. The smallest absolute Gasteiger partial charge is 0.270 e. The zero-order valence-corrected chi connectivity index (χ0v) is 14.8. The van der Waals surface area contributed by atoms with Crippen LogP contribution in [-0.2, 0) is 6.54 Å². The van der Waals surface area contributed by atoms with Gasteiger partial charge in [-0.1, -0.05) is 17.7 Å². The number of benzene rings is 1. The van der Waals surface area contributed by atoms with Crippen LogP contribution in [0.25, 0.3) is 10.9 Å². The van der Waals surface area contributed by atoms with Crippen molar-refractivity contribution in [1.29, 1.82) is 0 Å². The zero-order chi connectivity index (χ0) is 18.6. The van der Waals surface area contributed by atoms with Gasteiger partial charge in [0.25, 0.3) is 5.91 Å². The zero-order valence-electron chi connectivity index (χ0n) is 14.8. The van der Waals surface area contributed by atoms with E-state index in [0.717, 1.165) is 16.8 Å².